The van der Waals surface area contributed by atoms with Gasteiger partial charge in [-0.1, -0.05) is 35.9 Å². The summed E-state index contributed by atoms with van der Waals surface area (Å²) in [5, 5.41) is 0.696. The van der Waals surface area contributed by atoms with E-state index in [1.807, 2.05) is 36.4 Å². The lowest BCUT2D eigenvalue weighted by atomic mass is 10.1. The lowest BCUT2D eigenvalue weighted by molar-refractivity contribution is 0.0644. The Morgan fingerprint density at radius 2 is 1.46 bits per heavy atom. The highest BCUT2D eigenvalue weighted by molar-refractivity contribution is 7.15. The van der Waals surface area contributed by atoms with Gasteiger partial charge in [-0.3, -0.25) is 14.5 Å². The van der Waals surface area contributed by atoms with Gasteiger partial charge >= 0.3 is 0 Å². The summed E-state index contributed by atoms with van der Waals surface area (Å²) in [6, 6.07) is 18.5. The van der Waals surface area contributed by atoms with Crippen LogP contribution in [0.2, 0.25) is 5.02 Å². The zero-order valence-electron chi connectivity index (χ0n) is 12.5. The van der Waals surface area contributed by atoms with E-state index in [-0.39, 0.29) is 11.8 Å². The van der Waals surface area contributed by atoms with Crippen molar-refractivity contribution in [1.82, 2.24) is 4.90 Å². The molecule has 0 N–H and O–H groups in total. The SMILES string of the molecule is O=C1c2ccccc2C(=O)N1Cc1ccc(-c2ccc(Cl)cc2)s1. The molecule has 5 heteroatoms. The molecule has 0 fully saturated rings. The average molecular weight is 354 g/mol. The van der Waals surface area contributed by atoms with E-state index in [9.17, 15) is 9.59 Å². The molecular weight excluding hydrogens is 342 g/mol. The molecule has 0 unspecified atom stereocenters. The third kappa shape index (κ3) is 2.54. The predicted octanol–water partition coefficient (Wildman–Crippen LogP) is 4.86. The summed E-state index contributed by atoms with van der Waals surface area (Å²) >= 11 is 7.49. The maximum absolute atomic E-state index is 12.4. The van der Waals surface area contributed by atoms with Crippen LogP contribution in [0.5, 0.6) is 0 Å². The van der Waals surface area contributed by atoms with Gasteiger partial charge in [0.15, 0.2) is 0 Å². The molecule has 0 radical (unpaired) electrons. The second-order valence-electron chi connectivity index (χ2n) is 5.51. The first-order valence-corrected chi connectivity index (χ1v) is 8.63. The lowest BCUT2D eigenvalue weighted by Crippen LogP contribution is -2.28. The first kappa shape index (κ1) is 15.1. The number of benzene rings is 2. The van der Waals surface area contributed by atoms with Crippen LogP contribution in [0.25, 0.3) is 10.4 Å². The summed E-state index contributed by atoms with van der Waals surface area (Å²) in [4.78, 5) is 28.2. The van der Waals surface area contributed by atoms with Gasteiger partial charge in [0.1, 0.15) is 0 Å². The van der Waals surface area contributed by atoms with Crippen LogP contribution in [0, 0.1) is 0 Å². The molecule has 0 aliphatic carbocycles. The van der Waals surface area contributed by atoms with Crippen molar-refractivity contribution in [2.24, 2.45) is 0 Å². The standard InChI is InChI=1S/C19H12ClNO2S/c20-13-7-5-12(6-8-13)17-10-9-14(24-17)11-21-18(22)15-3-1-2-4-16(15)19(21)23/h1-10H,11H2. The van der Waals surface area contributed by atoms with Crippen LogP contribution in [-0.4, -0.2) is 16.7 Å². The fourth-order valence-electron chi connectivity index (χ4n) is 2.77. The predicted molar refractivity (Wildman–Crippen MR) is 95.4 cm³/mol. The summed E-state index contributed by atoms with van der Waals surface area (Å²) in [6.45, 7) is 0.296. The van der Waals surface area contributed by atoms with Crippen molar-refractivity contribution in [3.63, 3.8) is 0 Å². The first-order valence-electron chi connectivity index (χ1n) is 7.43. The van der Waals surface area contributed by atoms with Gasteiger partial charge in [-0.25, -0.2) is 0 Å². The summed E-state index contributed by atoms with van der Waals surface area (Å²) in [5.41, 5.74) is 2.03. The second kappa shape index (κ2) is 5.89. The third-order valence-electron chi connectivity index (χ3n) is 3.98. The molecule has 4 rings (SSSR count). The van der Waals surface area contributed by atoms with E-state index in [4.69, 9.17) is 11.6 Å². The normalized spacial score (nSPS) is 13.5. The zero-order valence-corrected chi connectivity index (χ0v) is 14.1. The van der Waals surface area contributed by atoms with Crippen LogP contribution >= 0.6 is 22.9 Å². The fourth-order valence-corrected chi connectivity index (χ4v) is 3.90. The smallest absolute Gasteiger partial charge is 0.261 e. The van der Waals surface area contributed by atoms with E-state index in [1.165, 1.54) is 4.90 Å². The highest BCUT2D eigenvalue weighted by Crippen LogP contribution is 2.31. The molecule has 2 amide bonds. The van der Waals surface area contributed by atoms with Gasteiger partial charge in [0.25, 0.3) is 11.8 Å². The third-order valence-corrected chi connectivity index (χ3v) is 5.35. The zero-order chi connectivity index (χ0) is 16.7. The molecule has 0 saturated heterocycles. The van der Waals surface area contributed by atoms with Crippen molar-refractivity contribution in [2.45, 2.75) is 6.54 Å². The van der Waals surface area contributed by atoms with Gasteiger partial charge < -0.3 is 0 Å². The number of imide groups is 1. The molecule has 3 aromatic rings. The van der Waals surface area contributed by atoms with Gasteiger partial charge in [0.05, 0.1) is 17.7 Å². The Kier molecular flexibility index (Phi) is 3.71. The number of amides is 2. The van der Waals surface area contributed by atoms with Gasteiger partial charge in [-0.15, -0.1) is 11.3 Å². The van der Waals surface area contributed by atoms with E-state index in [0.717, 1.165) is 15.3 Å². The van der Waals surface area contributed by atoms with Crippen LogP contribution in [0.4, 0.5) is 0 Å². The summed E-state index contributed by atoms with van der Waals surface area (Å²) in [7, 11) is 0. The fraction of sp³-hybridized carbons (Fsp3) is 0.0526. The number of carbonyl (C=O) groups is 2. The van der Waals surface area contributed by atoms with Crippen LogP contribution in [0.3, 0.4) is 0 Å². The summed E-state index contributed by atoms with van der Waals surface area (Å²) in [5.74, 6) is -0.450. The summed E-state index contributed by atoms with van der Waals surface area (Å²) < 4.78 is 0. The molecule has 1 aromatic heterocycles. The Labute approximate surface area is 148 Å². The minimum atomic E-state index is -0.225. The second-order valence-corrected chi connectivity index (χ2v) is 7.12. The van der Waals surface area contributed by atoms with Gasteiger partial charge in [-0.05, 0) is 42.0 Å². The number of hydrogen-bond acceptors (Lipinski definition) is 3. The topological polar surface area (TPSA) is 37.4 Å². The Morgan fingerprint density at radius 1 is 0.833 bits per heavy atom. The van der Waals surface area contributed by atoms with Crippen LogP contribution < -0.4 is 0 Å². The van der Waals surface area contributed by atoms with Crippen molar-refractivity contribution in [1.29, 1.82) is 0 Å². The molecule has 3 nitrogen and oxygen atoms in total. The van der Waals surface area contributed by atoms with Gasteiger partial charge in [0, 0.05) is 14.8 Å². The first-order chi connectivity index (χ1) is 11.6. The molecule has 1 aliphatic heterocycles. The maximum Gasteiger partial charge on any atom is 0.261 e. The molecule has 2 heterocycles. The lowest BCUT2D eigenvalue weighted by Gasteiger charge is -2.12. The van der Waals surface area contributed by atoms with E-state index < -0.39 is 0 Å². The number of hydrogen-bond donors (Lipinski definition) is 0. The van der Waals surface area contributed by atoms with Crippen LogP contribution in [-0.2, 0) is 6.54 Å². The number of fused-ring (bicyclic) bond motifs is 1. The van der Waals surface area contributed by atoms with Crippen molar-refractivity contribution < 1.29 is 9.59 Å². The largest absolute Gasteiger partial charge is 0.269 e. The average Bonchev–Trinajstić information content (AvgIpc) is 3.16. The Morgan fingerprint density at radius 3 is 2.08 bits per heavy atom. The van der Waals surface area contributed by atoms with Crippen molar-refractivity contribution in [3.8, 4) is 10.4 Å². The molecule has 0 spiro atoms. The Hall–Kier alpha value is -2.43. The molecule has 1 aliphatic rings. The number of halogens is 1. The molecule has 0 saturated carbocycles. The molecule has 118 valence electrons. The maximum atomic E-state index is 12.4. The molecule has 0 atom stereocenters. The van der Waals surface area contributed by atoms with E-state index in [0.29, 0.717) is 22.7 Å². The minimum absolute atomic E-state index is 0.225. The van der Waals surface area contributed by atoms with Gasteiger partial charge in [-0.2, -0.15) is 0 Å². The van der Waals surface area contributed by atoms with E-state index in [1.54, 1.807) is 35.6 Å². The quantitative estimate of drug-likeness (QED) is 0.630. The van der Waals surface area contributed by atoms with E-state index >= 15 is 0 Å². The minimum Gasteiger partial charge on any atom is -0.269 e. The summed E-state index contributed by atoms with van der Waals surface area (Å²) in [6.07, 6.45) is 0. The van der Waals surface area contributed by atoms with Crippen molar-refractivity contribution in [2.75, 3.05) is 0 Å². The van der Waals surface area contributed by atoms with E-state index in [2.05, 4.69) is 0 Å². The molecule has 0 bridgehead atoms. The highest BCUT2D eigenvalue weighted by atomic mass is 35.5. The number of carbonyl (C=O) groups excluding carboxylic acids is 2. The van der Waals surface area contributed by atoms with Gasteiger partial charge in [0.2, 0.25) is 0 Å². The number of thiophene rings is 1. The Bertz CT molecular complexity index is 911. The van der Waals surface area contributed by atoms with Crippen LogP contribution in [0.1, 0.15) is 25.6 Å². The molecular formula is C19H12ClNO2S. The number of nitrogens with zero attached hydrogens (tertiary/aromatic N) is 1. The highest BCUT2D eigenvalue weighted by Gasteiger charge is 2.35. The number of rotatable bonds is 3. The van der Waals surface area contributed by atoms with Crippen molar-refractivity contribution in [3.05, 3.63) is 81.7 Å². The van der Waals surface area contributed by atoms with Crippen LogP contribution in [0.15, 0.2) is 60.7 Å². The monoisotopic (exact) mass is 353 g/mol. The molecule has 2 aromatic carbocycles. The van der Waals surface area contributed by atoms with Crippen molar-refractivity contribution >= 4 is 34.8 Å². The molecule has 24 heavy (non-hydrogen) atoms. The Balaban J connectivity index is 1.58.